The van der Waals surface area contributed by atoms with Crippen LogP contribution in [0.15, 0.2) is 23.6 Å². The lowest BCUT2D eigenvalue weighted by Gasteiger charge is -2.25. The molecule has 1 aromatic rings. The van der Waals surface area contributed by atoms with E-state index in [-0.39, 0.29) is 11.0 Å². The van der Waals surface area contributed by atoms with Gasteiger partial charge in [-0.15, -0.1) is 0 Å². The van der Waals surface area contributed by atoms with Crippen molar-refractivity contribution in [3.05, 3.63) is 34.7 Å². The standard InChI is InChI=1S/C16H20O2S/c1-10(2)14-8-12(9-19-16(14)17)13-6-5-11(3)7-15(13)18-4/h5-7,9-10,14H,8H2,1-4H3/t14-/m0/s1. The highest BCUT2D eigenvalue weighted by molar-refractivity contribution is 8.16. The van der Waals surface area contributed by atoms with Crippen molar-refractivity contribution in [1.29, 1.82) is 0 Å². The second-order valence-corrected chi connectivity index (χ2v) is 6.21. The summed E-state index contributed by atoms with van der Waals surface area (Å²) in [6.45, 7) is 6.27. The van der Waals surface area contributed by atoms with E-state index in [1.807, 2.05) is 11.5 Å². The summed E-state index contributed by atoms with van der Waals surface area (Å²) in [5.41, 5.74) is 3.50. The van der Waals surface area contributed by atoms with E-state index in [2.05, 4.69) is 32.9 Å². The third-order valence-corrected chi connectivity index (χ3v) is 4.51. The molecule has 0 N–H and O–H groups in total. The van der Waals surface area contributed by atoms with Crippen LogP contribution >= 0.6 is 11.8 Å². The van der Waals surface area contributed by atoms with Crippen LogP contribution in [0.3, 0.4) is 0 Å². The molecule has 0 aromatic heterocycles. The minimum atomic E-state index is 0.107. The molecule has 19 heavy (non-hydrogen) atoms. The van der Waals surface area contributed by atoms with E-state index in [1.54, 1.807) is 7.11 Å². The first kappa shape index (κ1) is 14.2. The van der Waals surface area contributed by atoms with Crippen LogP contribution in [0, 0.1) is 18.8 Å². The van der Waals surface area contributed by atoms with E-state index in [0.717, 1.165) is 17.7 Å². The molecule has 2 rings (SSSR count). The Bertz CT molecular complexity index is 517. The zero-order valence-corrected chi connectivity index (χ0v) is 12.7. The van der Waals surface area contributed by atoms with Crippen LogP contribution in [0.25, 0.3) is 5.57 Å². The molecule has 1 aliphatic heterocycles. The molecule has 2 nitrogen and oxygen atoms in total. The number of hydrogen-bond acceptors (Lipinski definition) is 3. The Morgan fingerprint density at radius 1 is 1.37 bits per heavy atom. The van der Waals surface area contributed by atoms with Crippen LogP contribution in [0.2, 0.25) is 0 Å². The molecule has 1 heterocycles. The second kappa shape index (κ2) is 5.83. The van der Waals surface area contributed by atoms with Gasteiger partial charge >= 0.3 is 0 Å². The van der Waals surface area contributed by atoms with Crippen molar-refractivity contribution in [2.24, 2.45) is 11.8 Å². The van der Waals surface area contributed by atoms with Gasteiger partial charge in [0.05, 0.1) is 7.11 Å². The number of carbonyl (C=O) groups excluding carboxylic acids is 1. The molecule has 0 unspecified atom stereocenters. The summed E-state index contributed by atoms with van der Waals surface area (Å²) in [7, 11) is 1.69. The Kier molecular flexibility index (Phi) is 4.35. The van der Waals surface area contributed by atoms with Gasteiger partial charge in [-0.1, -0.05) is 37.7 Å². The fraction of sp³-hybridized carbons (Fsp3) is 0.438. The normalized spacial score (nSPS) is 19.5. The van der Waals surface area contributed by atoms with Crippen molar-refractivity contribution < 1.29 is 9.53 Å². The Morgan fingerprint density at radius 2 is 2.11 bits per heavy atom. The van der Waals surface area contributed by atoms with Crippen LogP contribution in [0.4, 0.5) is 0 Å². The van der Waals surface area contributed by atoms with Crippen LogP contribution in [-0.4, -0.2) is 12.2 Å². The topological polar surface area (TPSA) is 26.3 Å². The molecule has 0 spiro atoms. The van der Waals surface area contributed by atoms with Crippen molar-refractivity contribution in [2.45, 2.75) is 27.2 Å². The van der Waals surface area contributed by atoms with Crippen LogP contribution < -0.4 is 4.74 Å². The van der Waals surface area contributed by atoms with Gasteiger partial charge in [0.25, 0.3) is 0 Å². The predicted molar refractivity (Wildman–Crippen MR) is 81.3 cm³/mol. The number of carbonyl (C=O) groups is 1. The van der Waals surface area contributed by atoms with Crippen LogP contribution in [0.1, 0.15) is 31.4 Å². The van der Waals surface area contributed by atoms with Gasteiger partial charge in [0, 0.05) is 11.5 Å². The van der Waals surface area contributed by atoms with Gasteiger partial charge in [0.1, 0.15) is 5.75 Å². The van der Waals surface area contributed by atoms with Gasteiger partial charge in [-0.3, -0.25) is 4.79 Å². The highest BCUT2D eigenvalue weighted by Gasteiger charge is 2.28. The molecule has 0 saturated heterocycles. The molecule has 0 radical (unpaired) electrons. The van der Waals surface area contributed by atoms with Gasteiger partial charge in [-0.05, 0) is 41.9 Å². The van der Waals surface area contributed by atoms with E-state index in [9.17, 15) is 4.79 Å². The average molecular weight is 276 g/mol. The molecule has 1 aliphatic rings. The highest BCUT2D eigenvalue weighted by atomic mass is 32.2. The first-order valence-corrected chi connectivity index (χ1v) is 7.45. The van der Waals surface area contributed by atoms with Crippen LogP contribution in [0.5, 0.6) is 5.75 Å². The third-order valence-electron chi connectivity index (χ3n) is 3.57. The maximum atomic E-state index is 11.9. The van der Waals surface area contributed by atoms with Gasteiger partial charge in [-0.25, -0.2) is 0 Å². The minimum Gasteiger partial charge on any atom is -0.496 e. The first-order chi connectivity index (χ1) is 9.02. The summed E-state index contributed by atoms with van der Waals surface area (Å²) in [5.74, 6) is 1.37. The van der Waals surface area contributed by atoms with Crippen molar-refractivity contribution in [3.8, 4) is 5.75 Å². The number of hydrogen-bond donors (Lipinski definition) is 0. The Labute approximate surface area is 119 Å². The van der Waals surface area contributed by atoms with Crippen molar-refractivity contribution in [3.63, 3.8) is 0 Å². The zero-order valence-electron chi connectivity index (χ0n) is 11.9. The molecule has 0 aliphatic carbocycles. The predicted octanol–water partition coefficient (Wildman–Crippen LogP) is 4.28. The lowest BCUT2D eigenvalue weighted by Crippen LogP contribution is -2.20. The van der Waals surface area contributed by atoms with Crippen LogP contribution in [-0.2, 0) is 4.79 Å². The largest absolute Gasteiger partial charge is 0.496 e. The summed E-state index contributed by atoms with van der Waals surface area (Å²) in [6.07, 6.45) is 0.808. The molecule has 0 amide bonds. The zero-order chi connectivity index (χ0) is 14.0. The number of ether oxygens (including phenoxy) is 1. The summed E-state index contributed by atoms with van der Waals surface area (Å²) in [5, 5.41) is 2.26. The molecular formula is C16H20O2S. The molecule has 0 fully saturated rings. The molecule has 3 heteroatoms. The highest BCUT2D eigenvalue weighted by Crippen LogP contribution is 2.40. The molecular weight excluding hydrogens is 256 g/mol. The Morgan fingerprint density at radius 3 is 2.74 bits per heavy atom. The number of thioether (sulfide) groups is 1. The lowest BCUT2D eigenvalue weighted by atomic mass is 9.87. The van der Waals surface area contributed by atoms with E-state index in [1.165, 1.54) is 22.9 Å². The lowest BCUT2D eigenvalue weighted by molar-refractivity contribution is -0.115. The van der Waals surface area contributed by atoms with E-state index in [0.29, 0.717) is 5.92 Å². The molecule has 102 valence electrons. The van der Waals surface area contributed by atoms with Crippen molar-refractivity contribution in [1.82, 2.24) is 0 Å². The number of rotatable bonds is 3. The first-order valence-electron chi connectivity index (χ1n) is 6.57. The monoisotopic (exact) mass is 276 g/mol. The van der Waals surface area contributed by atoms with E-state index >= 15 is 0 Å². The molecule has 1 atom stereocenters. The SMILES string of the molecule is COc1cc(C)ccc1C1=CSC(=O)[C@H](C(C)C)C1. The number of benzene rings is 1. The smallest absolute Gasteiger partial charge is 0.196 e. The maximum Gasteiger partial charge on any atom is 0.196 e. The maximum absolute atomic E-state index is 11.9. The summed E-state index contributed by atoms with van der Waals surface area (Å²) in [4.78, 5) is 11.9. The average Bonchev–Trinajstić information content (AvgIpc) is 2.39. The minimum absolute atomic E-state index is 0.107. The van der Waals surface area contributed by atoms with Gasteiger partial charge in [0.15, 0.2) is 5.12 Å². The Hall–Kier alpha value is -1.22. The fourth-order valence-electron chi connectivity index (χ4n) is 2.33. The van der Waals surface area contributed by atoms with E-state index in [4.69, 9.17) is 4.74 Å². The van der Waals surface area contributed by atoms with Crippen molar-refractivity contribution in [2.75, 3.05) is 7.11 Å². The summed E-state index contributed by atoms with van der Waals surface area (Å²) < 4.78 is 5.47. The van der Waals surface area contributed by atoms with E-state index < -0.39 is 0 Å². The summed E-state index contributed by atoms with van der Waals surface area (Å²) in [6, 6.07) is 6.22. The summed E-state index contributed by atoms with van der Waals surface area (Å²) >= 11 is 1.32. The van der Waals surface area contributed by atoms with Gasteiger partial charge in [0.2, 0.25) is 0 Å². The van der Waals surface area contributed by atoms with Gasteiger partial charge in [-0.2, -0.15) is 0 Å². The molecule has 0 bridgehead atoms. The molecule has 1 aromatic carbocycles. The Balaban J connectivity index is 2.35. The molecule has 0 saturated carbocycles. The van der Waals surface area contributed by atoms with Crippen molar-refractivity contribution >= 4 is 22.5 Å². The fourth-order valence-corrected chi connectivity index (χ4v) is 3.34. The number of allylic oxidation sites excluding steroid dienone is 1. The van der Waals surface area contributed by atoms with Gasteiger partial charge < -0.3 is 4.74 Å². The number of methoxy groups -OCH3 is 1. The second-order valence-electron chi connectivity index (χ2n) is 5.34. The number of aryl methyl sites for hydroxylation is 1. The quantitative estimate of drug-likeness (QED) is 0.824. The third kappa shape index (κ3) is 3.03.